The number of ether oxygens (including phenoxy) is 1. The maximum absolute atomic E-state index is 12.6. The summed E-state index contributed by atoms with van der Waals surface area (Å²) >= 11 is 1.70. The zero-order chi connectivity index (χ0) is 19.5. The Balaban J connectivity index is 1.37. The number of carbonyl (C=O) groups excluding carboxylic acids is 1. The number of carbonyl (C=O) groups is 1. The van der Waals surface area contributed by atoms with E-state index in [1.807, 2.05) is 23.1 Å². The Morgan fingerprint density at radius 1 is 1.25 bits per heavy atom. The van der Waals surface area contributed by atoms with Crippen molar-refractivity contribution in [1.29, 1.82) is 0 Å². The first-order valence-electron chi connectivity index (χ1n) is 9.10. The summed E-state index contributed by atoms with van der Waals surface area (Å²) in [6.45, 7) is 1.27. The Kier molecular flexibility index (Phi) is 5.21. The number of likely N-dealkylation sites (tertiary alicyclic amines) is 1. The number of nitro groups is 1. The summed E-state index contributed by atoms with van der Waals surface area (Å²) in [4.78, 5) is 29.4. The first-order chi connectivity index (χ1) is 13.6. The number of amides is 1. The van der Waals surface area contributed by atoms with E-state index in [0.29, 0.717) is 18.8 Å². The summed E-state index contributed by atoms with van der Waals surface area (Å²) in [7, 11) is 0. The summed E-state index contributed by atoms with van der Waals surface area (Å²) in [5.74, 6) is 0.609. The minimum Gasteiger partial charge on any atom is -0.484 e. The third kappa shape index (κ3) is 3.96. The van der Waals surface area contributed by atoms with Crippen molar-refractivity contribution in [3.8, 4) is 5.75 Å². The third-order valence-electron chi connectivity index (χ3n) is 4.84. The van der Waals surface area contributed by atoms with Gasteiger partial charge in [0.1, 0.15) is 5.75 Å². The van der Waals surface area contributed by atoms with Gasteiger partial charge in [0.15, 0.2) is 6.61 Å². The second-order valence-corrected chi connectivity index (χ2v) is 7.80. The molecule has 28 heavy (non-hydrogen) atoms. The van der Waals surface area contributed by atoms with E-state index >= 15 is 0 Å². The van der Waals surface area contributed by atoms with Crippen LogP contribution in [-0.4, -0.2) is 40.4 Å². The van der Waals surface area contributed by atoms with Gasteiger partial charge in [-0.05, 0) is 37.1 Å². The highest BCUT2D eigenvalue weighted by Gasteiger charge is 2.27. The molecule has 0 N–H and O–H groups in total. The number of fused-ring (bicyclic) bond motifs is 1. The zero-order valence-electron chi connectivity index (χ0n) is 15.1. The maximum Gasteiger partial charge on any atom is 0.269 e. The van der Waals surface area contributed by atoms with E-state index < -0.39 is 4.92 Å². The van der Waals surface area contributed by atoms with Crippen LogP contribution in [0.3, 0.4) is 0 Å². The van der Waals surface area contributed by atoms with Crippen molar-refractivity contribution in [2.24, 2.45) is 0 Å². The largest absolute Gasteiger partial charge is 0.484 e. The minimum absolute atomic E-state index is 0.00613. The second kappa shape index (κ2) is 7.93. The lowest BCUT2D eigenvalue weighted by molar-refractivity contribution is -0.384. The van der Waals surface area contributed by atoms with Crippen LogP contribution in [0.15, 0.2) is 48.5 Å². The topological polar surface area (TPSA) is 85.6 Å². The van der Waals surface area contributed by atoms with Gasteiger partial charge in [0, 0.05) is 31.1 Å². The summed E-state index contributed by atoms with van der Waals surface area (Å²) in [6.07, 6.45) is 1.96. The second-order valence-electron chi connectivity index (χ2n) is 6.74. The normalized spacial score (nSPS) is 16.9. The van der Waals surface area contributed by atoms with Gasteiger partial charge >= 0.3 is 0 Å². The summed E-state index contributed by atoms with van der Waals surface area (Å²) in [5, 5.41) is 11.8. The monoisotopic (exact) mass is 397 g/mol. The van der Waals surface area contributed by atoms with Crippen LogP contribution in [0.2, 0.25) is 0 Å². The Morgan fingerprint density at radius 2 is 2.04 bits per heavy atom. The number of piperidine rings is 1. The molecular formula is C20H19N3O4S. The smallest absolute Gasteiger partial charge is 0.269 e. The van der Waals surface area contributed by atoms with Gasteiger partial charge in [0.25, 0.3) is 11.6 Å². The van der Waals surface area contributed by atoms with Gasteiger partial charge in [-0.3, -0.25) is 14.9 Å². The van der Waals surface area contributed by atoms with E-state index in [4.69, 9.17) is 9.72 Å². The molecular weight excluding hydrogens is 378 g/mol. The molecule has 1 aliphatic rings. The fourth-order valence-electron chi connectivity index (χ4n) is 3.37. The fraction of sp³-hybridized carbons (Fsp3) is 0.300. The number of thiazole rings is 1. The lowest BCUT2D eigenvalue weighted by Gasteiger charge is -2.31. The number of non-ortho nitro benzene ring substituents is 1. The van der Waals surface area contributed by atoms with Crippen LogP contribution in [0.5, 0.6) is 5.75 Å². The Hall–Kier alpha value is -3.00. The number of para-hydroxylation sites is 1. The van der Waals surface area contributed by atoms with E-state index in [0.717, 1.165) is 23.4 Å². The number of rotatable bonds is 5. The molecule has 1 aromatic heterocycles. The fourth-order valence-corrected chi connectivity index (χ4v) is 4.46. The molecule has 4 rings (SSSR count). The molecule has 1 unspecified atom stereocenters. The van der Waals surface area contributed by atoms with Gasteiger partial charge in [-0.1, -0.05) is 12.1 Å². The lowest BCUT2D eigenvalue weighted by atomic mass is 9.99. The average Bonchev–Trinajstić information content (AvgIpc) is 3.17. The van der Waals surface area contributed by atoms with Crippen LogP contribution in [0.4, 0.5) is 5.69 Å². The highest BCUT2D eigenvalue weighted by molar-refractivity contribution is 7.18. The Morgan fingerprint density at radius 3 is 2.79 bits per heavy atom. The number of hydrogen-bond acceptors (Lipinski definition) is 6. The molecule has 0 saturated carbocycles. The van der Waals surface area contributed by atoms with E-state index in [1.165, 1.54) is 29.0 Å². The molecule has 0 radical (unpaired) electrons. The molecule has 1 fully saturated rings. The van der Waals surface area contributed by atoms with Gasteiger partial charge in [0.05, 0.1) is 20.1 Å². The summed E-state index contributed by atoms with van der Waals surface area (Å²) in [5.41, 5.74) is 1.00. The molecule has 0 bridgehead atoms. The molecule has 1 amide bonds. The lowest BCUT2D eigenvalue weighted by Crippen LogP contribution is -2.41. The number of hydrogen-bond donors (Lipinski definition) is 0. The van der Waals surface area contributed by atoms with Crippen molar-refractivity contribution in [2.75, 3.05) is 19.7 Å². The van der Waals surface area contributed by atoms with Gasteiger partial charge in [-0.15, -0.1) is 11.3 Å². The molecule has 2 heterocycles. The van der Waals surface area contributed by atoms with Crippen molar-refractivity contribution in [2.45, 2.75) is 18.8 Å². The van der Waals surface area contributed by atoms with Crippen LogP contribution in [0.1, 0.15) is 23.8 Å². The molecule has 0 spiro atoms. The number of nitrogens with zero attached hydrogens (tertiary/aromatic N) is 3. The molecule has 144 valence electrons. The Labute approximate surface area is 165 Å². The molecule has 1 atom stereocenters. The number of benzene rings is 2. The first-order valence-corrected chi connectivity index (χ1v) is 9.92. The standard InChI is InChI=1S/C20H19N3O4S/c24-19(13-27-16-9-7-15(8-10-16)23(25)26)22-11-3-4-14(12-22)20-21-17-5-1-2-6-18(17)28-20/h1-2,5-10,14H,3-4,11-13H2. The van der Waals surface area contributed by atoms with Gasteiger partial charge in [0.2, 0.25) is 0 Å². The van der Waals surface area contributed by atoms with Crippen LogP contribution < -0.4 is 4.74 Å². The van der Waals surface area contributed by atoms with Crippen molar-refractivity contribution in [1.82, 2.24) is 9.88 Å². The van der Waals surface area contributed by atoms with Crippen molar-refractivity contribution < 1.29 is 14.5 Å². The average molecular weight is 397 g/mol. The van der Waals surface area contributed by atoms with Crippen molar-refractivity contribution in [3.05, 3.63) is 63.7 Å². The molecule has 3 aromatic rings. The van der Waals surface area contributed by atoms with E-state index in [9.17, 15) is 14.9 Å². The highest BCUT2D eigenvalue weighted by Crippen LogP contribution is 2.33. The van der Waals surface area contributed by atoms with Gasteiger partial charge < -0.3 is 9.64 Å². The van der Waals surface area contributed by atoms with Crippen molar-refractivity contribution >= 4 is 33.1 Å². The Bertz CT molecular complexity index is 969. The van der Waals surface area contributed by atoms with E-state index in [2.05, 4.69) is 6.07 Å². The predicted octanol–water partition coefficient (Wildman–Crippen LogP) is 3.99. The van der Waals surface area contributed by atoms with E-state index in [1.54, 1.807) is 11.3 Å². The SMILES string of the molecule is O=C(COc1ccc([N+](=O)[O-])cc1)N1CCCC(c2nc3ccccc3s2)C1. The zero-order valence-corrected chi connectivity index (χ0v) is 15.9. The molecule has 0 aliphatic carbocycles. The quantitative estimate of drug-likeness (QED) is 0.480. The summed E-state index contributed by atoms with van der Waals surface area (Å²) < 4.78 is 6.69. The molecule has 7 nitrogen and oxygen atoms in total. The maximum atomic E-state index is 12.6. The van der Waals surface area contributed by atoms with Crippen molar-refractivity contribution in [3.63, 3.8) is 0 Å². The van der Waals surface area contributed by atoms with Crippen LogP contribution >= 0.6 is 11.3 Å². The molecule has 1 aliphatic heterocycles. The molecule has 8 heteroatoms. The summed E-state index contributed by atoms with van der Waals surface area (Å²) in [6, 6.07) is 13.8. The van der Waals surface area contributed by atoms with Gasteiger partial charge in [-0.25, -0.2) is 4.98 Å². The van der Waals surface area contributed by atoms with Crippen LogP contribution in [0, 0.1) is 10.1 Å². The van der Waals surface area contributed by atoms with Crippen LogP contribution in [-0.2, 0) is 4.79 Å². The molecule has 1 saturated heterocycles. The minimum atomic E-state index is -0.467. The number of aromatic nitrogens is 1. The van der Waals surface area contributed by atoms with E-state index in [-0.39, 0.29) is 24.1 Å². The predicted molar refractivity (Wildman–Crippen MR) is 107 cm³/mol. The number of nitro benzene ring substituents is 1. The highest BCUT2D eigenvalue weighted by atomic mass is 32.1. The third-order valence-corrected chi connectivity index (χ3v) is 6.04. The first kappa shape index (κ1) is 18.4. The van der Waals surface area contributed by atoms with Gasteiger partial charge in [-0.2, -0.15) is 0 Å². The van der Waals surface area contributed by atoms with Crippen LogP contribution in [0.25, 0.3) is 10.2 Å². The molecule has 2 aromatic carbocycles.